The number of nitrogens with two attached hydrogens (primary N) is 1. The summed E-state index contributed by atoms with van der Waals surface area (Å²) in [4.78, 5) is 8.94. The van der Waals surface area contributed by atoms with Crippen LogP contribution in [0.2, 0.25) is 0 Å². The summed E-state index contributed by atoms with van der Waals surface area (Å²) in [6.07, 6.45) is 0.795. The minimum Gasteiger partial charge on any atom is -0.330 e. The molecule has 1 aromatic carbocycles. The van der Waals surface area contributed by atoms with E-state index < -0.39 is 0 Å². The molecule has 0 atom stereocenters. The zero-order valence-corrected chi connectivity index (χ0v) is 9.35. The van der Waals surface area contributed by atoms with Crippen LogP contribution in [-0.2, 0) is 6.42 Å². The molecule has 0 aliphatic carbocycles. The predicted octanol–water partition coefficient (Wildman–Crippen LogP) is 1.95. The van der Waals surface area contributed by atoms with Gasteiger partial charge in [0.2, 0.25) is 0 Å². The van der Waals surface area contributed by atoms with Crippen LogP contribution in [0.15, 0.2) is 36.4 Å². The van der Waals surface area contributed by atoms with Crippen molar-refractivity contribution in [3.8, 4) is 11.4 Å². The van der Waals surface area contributed by atoms with Crippen LogP contribution in [0.3, 0.4) is 0 Å². The van der Waals surface area contributed by atoms with Crippen molar-refractivity contribution in [2.75, 3.05) is 6.54 Å². The molecule has 0 bridgehead atoms. The van der Waals surface area contributed by atoms with Crippen LogP contribution in [0.5, 0.6) is 0 Å². The third-order valence-corrected chi connectivity index (χ3v) is 2.34. The normalized spacial score (nSPS) is 10.4. The van der Waals surface area contributed by atoms with Crippen LogP contribution in [0.4, 0.5) is 0 Å². The highest BCUT2D eigenvalue weighted by Gasteiger charge is 2.03. The summed E-state index contributed by atoms with van der Waals surface area (Å²) in [5, 5.41) is 0. The Morgan fingerprint density at radius 3 is 2.56 bits per heavy atom. The van der Waals surface area contributed by atoms with E-state index in [1.54, 1.807) is 0 Å². The van der Waals surface area contributed by atoms with E-state index in [0.717, 1.165) is 29.2 Å². The van der Waals surface area contributed by atoms with Crippen LogP contribution in [-0.4, -0.2) is 16.5 Å². The Morgan fingerprint density at radius 2 is 1.88 bits per heavy atom. The molecule has 82 valence electrons. The summed E-state index contributed by atoms with van der Waals surface area (Å²) in [5.74, 6) is 0.782. The fraction of sp³-hybridized carbons (Fsp3) is 0.231. The molecule has 2 aromatic rings. The molecule has 1 aromatic heterocycles. The van der Waals surface area contributed by atoms with Crippen molar-refractivity contribution < 1.29 is 0 Å². The lowest BCUT2D eigenvalue weighted by Crippen LogP contribution is -2.06. The number of benzene rings is 1. The van der Waals surface area contributed by atoms with E-state index in [2.05, 4.69) is 9.97 Å². The first-order valence-corrected chi connectivity index (χ1v) is 5.39. The van der Waals surface area contributed by atoms with Crippen molar-refractivity contribution in [3.63, 3.8) is 0 Å². The van der Waals surface area contributed by atoms with Crippen molar-refractivity contribution in [2.24, 2.45) is 5.73 Å². The van der Waals surface area contributed by atoms with Crippen LogP contribution in [0.25, 0.3) is 11.4 Å². The summed E-state index contributed by atoms with van der Waals surface area (Å²) < 4.78 is 0. The zero-order chi connectivity index (χ0) is 11.4. The smallest absolute Gasteiger partial charge is 0.159 e. The van der Waals surface area contributed by atoms with Gasteiger partial charge < -0.3 is 5.73 Å². The fourth-order valence-electron chi connectivity index (χ4n) is 1.63. The molecule has 0 amide bonds. The molecule has 0 aliphatic rings. The van der Waals surface area contributed by atoms with Crippen LogP contribution in [0.1, 0.15) is 11.4 Å². The molecule has 0 aliphatic heterocycles. The average molecular weight is 213 g/mol. The number of rotatable bonds is 3. The predicted molar refractivity (Wildman–Crippen MR) is 65.0 cm³/mol. The SMILES string of the molecule is Cc1cc(CCN)nc(-c2ccccc2)n1. The lowest BCUT2D eigenvalue weighted by Gasteiger charge is -2.05. The van der Waals surface area contributed by atoms with Crippen LogP contribution < -0.4 is 5.73 Å². The van der Waals surface area contributed by atoms with Crippen LogP contribution >= 0.6 is 0 Å². The van der Waals surface area contributed by atoms with E-state index in [1.165, 1.54) is 0 Å². The molecule has 2 rings (SSSR count). The van der Waals surface area contributed by atoms with Gasteiger partial charge in [-0.25, -0.2) is 9.97 Å². The lowest BCUT2D eigenvalue weighted by molar-refractivity contribution is 0.905. The first-order chi connectivity index (χ1) is 7.79. The number of hydrogen-bond donors (Lipinski definition) is 1. The quantitative estimate of drug-likeness (QED) is 0.847. The summed E-state index contributed by atoms with van der Waals surface area (Å²) in [5.41, 5.74) is 8.58. The Labute approximate surface area is 95.4 Å². The molecule has 0 unspecified atom stereocenters. The number of aryl methyl sites for hydroxylation is 1. The highest BCUT2D eigenvalue weighted by atomic mass is 14.9. The molecule has 3 nitrogen and oxygen atoms in total. The van der Waals surface area contributed by atoms with Gasteiger partial charge in [0.1, 0.15) is 0 Å². The maximum atomic E-state index is 5.54. The number of hydrogen-bond acceptors (Lipinski definition) is 3. The molecule has 0 spiro atoms. The highest BCUT2D eigenvalue weighted by molar-refractivity contribution is 5.54. The van der Waals surface area contributed by atoms with Gasteiger partial charge in [0.05, 0.1) is 0 Å². The van der Waals surface area contributed by atoms with E-state index in [9.17, 15) is 0 Å². The summed E-state index contributed by atoms with van der Waals surface area (Å²) in [6.45, 7) is 2.60. The van der Waals surface area contributed by atoms with E-state index >= 15 is 0 Å². The molecule has 16 heavy (non-hydrogen) atoms. The Kier molecular flexibility index (Phi) is 3.27. The Morgan fingerprint density at radius 1 is 1.12 bits per heavy atom. The van der Waals surface area contributed by atoms with Gasteiger partial charge in [0.25, 0.3) is 0 Å². The second-order valence-electron chi connectivity index (χ2n) is 3.73. The van der Waals surface area contributed by atoms with E-state index in [1.807, 2.05) is 43.3 Å². The molecule has 2 N–H and O–H groups in total. The molecule has 0 saturated carbocycles. The monoisotopic (exact) mass is 213 g/mol. The molecule has 0 radical (unpaired) electrons. The maximum Gasteiger partial charge on any atom is 0.159 e. The molecule has 0 saturated heterocycles. The number of aromatic nitrogens is 2. The first kappa shape index (κ1) is 10.8. The Balaban J connectivity index is 2.41. The summed E-state index contributed by atoms with van der Waals surface area (Å²) >= 11 is 0. The van der Waals surface area contributed by atoms with Gasteiger partial charge in [0, 0.05) is 23.4 Å². The van der Waals surface area contributed by atoms with E-state index in [0.29, 0.717) is 6.54 Å². The zero-order valence-electron chi connectivity index (χ0n) is 9.35. The van der Waals surface area contributed by atoms with Gasteiger partial charge in [-0.2, -0.15) is 0 Å². The third kappa shape index (κ3) is 2.44. The molecule has 3 heteroatoms. The van der Waals surface area contributed by atoms with E-state index in [-0.39, 0.29) is 0 Å². The summed E-state index contributed by atoms with van der Waals surface area (Å²) in [7, 11) is 0. The van der Waals surface area contributed by atoms with Gasteiger partial charge in [-0.15, -0.1) is 0 Å². The Bertz CT molecular complexity index is 466. The molecular weight excluding hydrogens is 198 g/mol. The summed E-state index contributed by atoms with van der Waals surface area (Å²) in [6, 6.07) is 12.0. The second kappa shape index (κ2) is 4.86. The lowest BCUT2D eigenvalue weighted by atomic mass is 10.2. The first-order valence-electron chi connectivity index (χ1n) is 5.39. The minimum absolute atomic E-state index is 0.616. The van der Waals surface area contributed by atoms with Crippen molar-refractivity contribution in [1.29, 1.82) is 0 Å². The van der Waals surface area contributed by atoms with Gasteiger partial charge >= 0.3 is 0 Å². The molecular formula is C13H15N3. The van der Waals surface area contributed by atoms with Crippen LogP contribution in [0, 0.1) is 6.92 Å². The Hall–Kier alpha value is -1.74. The van der Waals surface area contributed by atoms with Gasteiger partial charge in [0.15, 0.2) is 5.82 Å². The fourth-order valence-corrected chi connectivity index (χ4v) is 1.63. The molecule has 0 fully saturated rings. The van der Waals surface area contributed by atoms with Crippen molar-refractivity contribution in [1.82, 2.24) is 9.97 Å². The average Bonchev–Trinajstić information content (AvgIpc) is 2.30. The van der Waals surface area contributed by atoms with Crippen molar-refractivity contribution in [3.05, 3.63) is 47.8 Å². The van der Waals surface area contributed by atoms with Gasteiger partial charge in [-0.3, -0.25) is 0 Å². The van der Waals surface area contributed by atoms with Crippen molar-refractivity contribution in [2.45, 2.75) is 13.3 Å². The van der Waals surface area contributed by atoms with Crippen molar-refractivity contribution >= 4 is 0 Å². The maximum absolute atomic E-state index is 5.54. The largest absolute Gasteiger partial charge is 0.330 e. The number of nitrogens with zero attached hydrogens (tertiary/aromatic N) is 2. The molecule has 1 heterocycles. The minimum atomic E-state index is 0.616. The van der Waals surface area contributed by atoms with E-state index in [4.69, 9.17) is 5.73 Å². The highest BCUT2D eigenvalue weighted by Crippen LogP contribution is 2.15. The van der Waals surface area contributed by atoms with Gasteiger partial charge in [-0.05, 0) is 19.5 Å². The van der Waals surface area contributed by atoms with Gasteiger partial charge in [-0.1, -0.05) is 30.3 Å². The standard InChI is InChI=1S/C13H15N3/c1-10-9-12(7-8-14)16-13(15-10)11-5-3-2-4-6-11/h2-6,9H,7-8,14H2,1H3. The third-order valence-electron chi connectivity index (χ3n) is 2.34. The topological polar surface area (TPSA) is 51.8 Å². The second-order valence-corrected chi connectivity index (χ2v) is 3.73.